The zero-order chi connectivity index (χ0) is 28.9. The third-order valence-electron chi connectivity index (χ3n) is 7.75. The van der Waals surface area contributed by atoms with Crippen LogP contribution in [0, 0.1) is 11.3 Å². The van der Waals surface area contributed by atoms with Gasteiger partial charge in [-0.1, -0.05) is 42.5 Å². The first-order valence-electron chi connectivity index (χ1n) is 14.3. The molecular formula is C33H32N6O3. The minimum atomic E-state index is -0.519. The van der Waals surface area contributed by atoms with E-state index < -0.39 is 6.09 Å². The lowest BCUT2D eigenvalue weighted by Crippen LogP contribution is -2.18. The van der Waals surface area contributed by atoms with Crippen molar-refractivity contribution in [1.29, 1.82) is 5.26 Å². The average Bonchev–Trinajstić information content (AvgIpc) is 3.61. The number of carbonyl (C=O) groups is 1. The Kier molecular flexibility index (Phi) is 7.86. The van der Waals surface area contributed by atoms with E-state index in [1.807, 2.05) is 73.7 Å². The highest BCUT2D eigenvalue weighted by Gasteiger charge is 2.28. The van der Waals surface area contributed by atoms with Gasteiger partial charge in [-0.2, -0.15) is 10.4 Å². The lowest BCUT2D eigenvalue weighted by atomic mass is 9.92. The van der Waals surface area contributed by atoms with E-state index in [1.165, 1.54) is 12.7 Å². The second-order valence-electron chi connectivity index (χ2n) is 10.5. The molecule has 9 heteroatoms. The standard InChI is InChI=1S/C33H32N6O3/c1-23(24-7-3-2-4-8-24)42-33(40)37-26-13-11-25(12-14-26)32-30(20-34)29-19-28(41-18-6-17-38-22-35-21-36-38)15-16-31(29)39(32)27-9-5-10-27/h2-4,7-8,11-16,19,21-23,27H,5-6,9-10,17-18H2,1H3,(H,37,40)/t23-/m0/s1. The number of nitriles is 1. The van der Waals surface area contributed by atoms with Crippen molar-refractivity contribution < 1.29 is 14.3 Å². The Hall–Kier alpha value is -5.10. The molecule has 0 aliphatic heterocycles. The molecule has 1 aliphatic carbocycles. The molecule has 1 atom stereocenters. The molecule has 5 aromatic rings. The third-order valence-corrected chi connectivity index (χ3v) is 7.75. The predicted molar refractivity (Wildman–Crippen MR) is 160 cm³/mol. The number of amides is 1. The first-order chi connectivity index (χ1) is 20.6. The van der Waals surface area contributed by atoms with Crippen LogP contribution in [0.5, 0.6) is 5.75 Å². The number of nitrogens with one attached hydrogen (secondary N) is 1. The molecule has 0 radical (unpaired) electrons. The van der Waals surface area contributed by atoms with Gasteiger partial charge in [0.25, 0.3) is 0 Å². The molecule has 0 bridgehead atoms. The summed E-state index contributed by atoms with van der Waals surface area (Å²) in [7, 11) is 0. The SMILES string of the molecule is C[C@H](OC(=O)Nc1ccc(-c2c(C#N)c3cc(OCCCn4cncn4)ccc3n2C2CCC2)cc1)c1ccccc1. The van der Waals surface area contributed by atoms with E-state index in [-0.39, 0.29) is 6.10 Å². The fourth-order valence-electron chi connectivity index (χ4n) is 5.38. The molecular weight excluding hydrogens is 528 g/mol. The number of carbonyl (C=O) groups excluding carboxylic acids is 1. The van der Waals surface area contributed by atoms with Crippen molar-refractivity contribution in [3.05, 3.63) is 96.6 Å². The van der Waals surface area contributed by atoms with Gasteiger partial charge in [0.15, 0.2) is 0 Å². The summed E-state index contributed by atoms with van der Waals surface area (Å²) in [4.78, 5) is 16.5. The highest BCUT2D eigenvalue weighted by molar-refractivity contribution is 5.96. The summed E-state index contributed by atoms with van der Waals surface area (Å²) in [5, 5.41) is 18.2. The maximum absolute atomic E-state index is 12.5. The van der Waals surface area contributed by atoms with Crippen LogP contribution in [0.2, 0.25) is 0 Å². The molecule has 2 heterocycles. The van der Waals surface area contributed by atoms with Crippen molar-refractivity contribution in [3.63, 3.8) is 0 Å². The van der Waals surface area contributed by atoms with Gasteiger partial charge in [0.2, 0.25) is 0 Å². The normalized spacial score (nSPS) is 13.7. The Morgan fingerprint density at radius 3 is 2.62 bits per heavy atom. The summed E-state index contributed by atoms with van der Waals surface area (Å²) < 4.78 is 15.7. The Morgan fingerprint density at radius 1 is 1.12 bits per heavy atom. The van der Waals surface area contributed by atoms with Crippen LogP contribution in [0.15, 0.2) is 85.5 Å². The Balaban J connectivity index is 1.21. The van der Waals surface area contributed by atoms with Gasteiger partial charge in [0.1, 0.15) is 30.6 Å². The Labute approximate surface area is 244 Å². The minimum Gasteiger partial charge on any atom is -0.494 e. The highest BCUT2D eigenvalue weighted by Crippen LogP contribution is 2.43. The smallest absolute Gasteiger partial charge is 0.412 e. The largest absolute Gasteiger partial charge is 0.494 e. The number of nitrogens with zero attached hydrogens (tertiary/aromatic N) is 5. The van der Waals surface area contributed by atoms with Crippen molar-refractivity contribution in [2.24, 2.45) is 0 Å². The molecule has 42 heavy (non-hydrogen) atoms. The molecule has 212 valence electrons. The number of anilines is 1. The number of aryl methyl sites for hydroxylation is 1. The summed E-state index contributed by atoms with van der Waals surface area (Å²) >= 11 is 0. The maximum Gasteiger partial charge on any atom is 0.412 e. The number of ether oxygens (including phenoxy) is 2. The molecule has 1 N–H and O–H groups in total. The van der Waals surface area contributed by atoms with Crippen LogP contribution in [-0.4, -0.2) is 32.0 Å². The molecule has 2 aromatic heterocycles. The molecule has 1 saturated carbocycles. The molecule has 0 saturated heterocycles. The predicted octanol–water partition coefficient (Wildman–Crippen LogP) is 7.28. The number of hydrogen-bond acceptors (Lipinski definition) is 6. The lowest BCUT2D eigenvalue weighted by molar-refractivity contribution is 0.121. The molecule has 0 spiro atoms. The van der Waals surface area contributed by atoms with Gasteiger partial charge in [-0.3, -0.25) is 10.00 Å². The maximum atomic E-state index is 12.5. The summed E-state index contributed by atoms with van der Waals surface area (Å²) in [5.74, 6) is 0.734. The van der Waals surface area contributed by atoms with Crippen molar-refractivity contribution >= 4 is 22.7 Å². The first kappa shape index (κ1) is 27.1. The first-order valence-corrected chi connectivity index (χ1v) is 14.3. The summed E-state index contributed by atoms with van der Waals surface area (Å²) in [6.45, 7) is 3.10. The van der Waals surface area contributed by atoms with Gasteiger partial charge in [0, 0.05) is 30.1 Å². The van der Waals surface area contributed by atoms with E-state index in [1.54, 1.807) is 11.0 Å². The molecule has 0 unspecified atom stereocenters. The van der Waals surface area contributed by atoms with Crippen LogP contribution < -0.4 is 10.1 Å². The van der Waals surface area contributed by atoms with Gasteiger partial charge in [0.05, 0.1) is 23.4 Å². The summed E-state index contributed by atoms with van der Waals surface area (Å²) in [6, 6.07) is 26.0. The molecule has 1 fully saturated rings. The Morgan fingerprint density at radius 2 is 1.93 bits per heavy atom. The summed E-state index contributed by atoms with van der Waals surface area (Å²) in [5.41, 5.74) is 5.02. The van der Waals surface area contributed by atoms with Crippen molar-refractivity contribution in [2.45, 2.75) is 51.3 Å². The van der Waals surface area contributed by atoms with Crippen LogP contribution in [0.3, 0.4) is 0 Å². The number of aromatic nitrogens is 4. The van der Waals surface area contributed by atoms with Crippen molar-refractivity contribution in [1.82, 2.24) is 19.3 Å². The number of rotatable bonds is 10. The third kappa shape index (κ3) is 5.70. The van der Waals surface area contributed by atoms with E-state index in [0.29, 0.717) is 23.9 Å². The molecule has 1 amide bonds. The number of benzene rings is 3. The second-order valence-corrected chi connectivity index (χ2v) is 10.5. The van der Waals surface area contributed by atoms with Gasteiger partial charge in [-0.25, -0.2) is 9.78 Å². The van der Waals surface area contributed by atoms with E-state index >= 15 is 0 Å². The van der Waals surface area contributed by atoms with E-state index in [9.17, 15) is 10.1 Å². The van der Waals surface area contributed by atoms with Crippen molar-refractivity contribution in [3.8, 4) is 23.1 Å². The zero-order valence-electron chi connectivity index (χ0n) is 23.4. The molecule has 1 aliphatic rings. The van der Waals surface area contributed by atoms with Gasteiger partial charge in [-0.15, -0.1) is 0 Å². The zero-order valence-corrected chi connectivity index (χ0v) is 23.4. The van der Waals surface area contributed by atoms with Crippen molar-refractivity contribution in [2.75, 3.05) is 11.9 Å². The quantitative estimate of drug-likeness (QED) is 0.180. The van der Waals surface area contributed by atoms with Crippen LogP contribution in [-0.2, 0) is 11.3 Å². The van der Waals surface area contributed by atoms with Crippen LogP contribution >= 0.6 is 0 Å². The molecule has 9 nitrogen and oxygen atoms in total. The van der Waals surface area contributed by atoms with Crippen LogP contribution in [0.25, 0.3) is 22.2 Å². The fourth-order valence-corrected chi connectivity index (χ4v) is 5.38. The number of hydrogen-bond donors (Lipinski definition) is 1. The topological polar surface area (TPSA) is 107 Å². The van der Waals surface area contributed by atoms with Gasteiger partial charge >= 0.3 is 6.09 Å². The van der Waals surface area contributed by atoms with E-state index in [2.05, 4.69) is 32.1 Å². The van der Waals surface area contributed by atoms with Crippen LogP contribution in [0.4, 0.5) is 10.5 Å². The molecule has 3 aromatic carbocycles. The lowest BCUT2D eigenvalue weighted by Gasteiger charge is -2.30. The number of fused-ring (bicyclic) bond motifs is 1. The van der Waals surface area contributed by atoms with E-state index in [0.717, 1.165) is 59.3 Å². The average molecular weight is 561 g/mol. The summed E-state index contributed by atoms with van der Waals surface area (Å²) in [6.07, 6.45) is 6.44. The Bertz CT molecular complexity index is 1700. The fraction of sp³-hybridized carbons (Fsp3) is 0.273. The van der Waals surface area contributed by atoms with Gasteiger partial charge < -0.3 is 14.0 Å². The molecule has 6 rings (SSSR count). The highest BCUT2D eigenvalue weighted by atomic mass is 16.6. The van der Waals surface area contributed by atoms with Crippen LogP contribution in [0.1, 0.15) is 55.9 Å². The second kappa shape index (κ2) is 12.2. The van der Waals surface area contributed by atoms with Gasteiger partial charge in [-0.05, 0) is 67.6 Å². The van der Waals surface area contributed by atoms with E-state index in [4.69, 9.17) is 9.47 Å². The minimum absolute atomic E-state index is 0.339. The monoisotopic (exact) mass is 560 g/mol.